The number of hydrogen-bond acceptors (Lipinski definition) is 1. The monoisotopic (exact) mass is 336 g/mol. The maximum atomic E-state index is 5.34. The molecular formula is C24H32O. The Balaban J connectivity index is 2.14. The number of hydrogen-bond donors (Lipinski definition) is 0. The fraction of sp³-hybridized carbons (Fsp3) is 0.417. The number of rotatable bonds is 11. The molecule has 0 N–H and O–H groups in total. The predicted octanol–water partition coefficient (Wildman–Crippen LogP) is 6.86. The van der Waals surface area contributed by atoms with Crippen LogP contribution < -0.4 is 0 Å². The van der Waals surface area contributed by atoms with Crippen LogP contribution in [-0.2, 0) is 4.74 Å². The van der Waals surface area contributed by atoms with Gasteiger partial charge in [-0.2, -0.15) is 0 Å². The first kappa shape index (κ1) is 19.5. The lowest BCUT2D eigenvalue weighted by molar-refractivity contribution is 0.187. The van der Waals surface area contributed by atoms with Gasteiger partial charge in [0.15, 0.2) is 0 Å². The fourth-order valence-corrected chi connectivity index (χ4v) is 3.27. The molecule has 0 fully saturated rings. The topological polar surface area (TPSA) is 9.23 Å². The predicted molar refractivity (Wildman–Crippen MR) is 109 cm³/mol. The summed E-state index contributed by atoms with van der Waals surface area (Å²) in [5.74, 6) is 0.519. The van der Waals surface area contributed by atoms with Crippen molar-refractivity contribution in [1.82, 2.24) is 0 Å². The SMILES string of the molecule is CCCCC/C(=C\CC(CCOC)c1ccccc1)c1ccccc1. The molecule has 1 unspecified atom stereocenters. The smallest absolute Gasteiger partial charge is 0.0468 e. The molecule has 0 bridgehead atoms. The largest absolute Gasteiger partial charge is 0.385 e. The standard InChI is InChI=1S/C24H32O/c1-3-4-7-12-23(21-13-8-5-9-14-21)17-18-24(19-20-25-2)22-15-10-6-11-16-22/h5-6,8-11,13-17,24H,3-4,7,12,18-20H2,1-2H3/b23-17+. The Morgan fingerprint density at radius 3 is 2.28 bits per heavy atom. The van der Waals surface area contributed by atoms with Gasteiger partial charge in [-0.1, -0.05) is 86.5 Å². The van der Waals surface area contributed by atoms with E-state index in [1.165, 1.54) is 42.4 Å². The molecule has 0 aliphatic carbocycles. The zero-order chi connectivity index (χ0) is 17.7. The second-order valence-electron chi connectivity index (χ2n) is 6.68. The van der Waals surface area contributed by atoms with E-state index >= 15 is 0 Å². The molecule has 25 heavy (non-hydrogen) atoms. The van der Waals surface area contributed by atoms with E-state index in [1.54, 1.807) is 7.11 Å². The molecule has 0 aliphatic heterocycles. The van der Waals surface area contributed by atoms with Gasteiger partial charge in [-0.25, -0.2) is 0 Å². The summed E-state index contributed by atoms with van der Waals surface area (Å²) in [6.07, 6.45) is 9.61. The van der Waals surface area contributed by atoms with Gasteiger partial charge in [0.2, 0.25) is 0 Å². The molecule has 0 aliphatic rings. The van der Waals surface area contributed by atoms with E-state index in [-0.39, 0.29) is 0 Å². The maximum absolute atomic E-state index is 5.34. The summed E-state index contributed by atoms with van der Waals surface area (Å²) in [5.41, 5.74) is 4.28. The van der Waals surface area contributed by atoms with E-state index in [4.69, 9.17) is 4.74 Å². The number of unbranched alkanes of at least 4 members (excludes halogenated alkanes) is 2. The van der Waals surface area contributed by atoms with Crippen LogP contribution in [0.5, 0.6) is 0 Å². The van der Waals surface area contributed by atoms with Crippen LogP contribution in [0, 0.1) is 0 Å². The summed E-state index contributed by atoms with van der Waals surface area (Å²) in [6, 6.07) is 21.7. The second kappa shape index (κ2) is 11.7. The molecular weight excluding hydrogens is 304 g/mol. The Hall–Kier alpha value is -1.86. The van der Waals surface area contributed by atoms with Gasteiger partial charge in [0.05, 0.1) is 0 Å². The third-order valence-corrected chi connectivity index (χ3v) is 4.78. The van der Waals surface area contributed by atoms with Gasteiger partial charge in [0.1, 0.15) is 0 Å². The Morgan fingerprint density at radius 1 is 0.960 bits per heavy atom. The molecule has 2 aromatic carbocycles. The summed E-state index contributed by atoms with van der Waals surface area (Å²) in [7, 11) is 1.79. The summed E-state index contributed by atoms with van der Waals surface area (Å²) in [6.45, 7) is 3.08. The lowest BCUT2D eigenvalue weighted by Crippen LogP contribution is -2.02. The zero-order valence-corrected chi connectivity index (χ0v) is 15.8. The van der Waals surface area contributed by atoms with Crippen LogP contribution >= 0.6 is 0 Å². The molecule has 0 spiro atoms. The molecule has 1 nitrogen and oxygen atoms in total. The lowest BCUT2D eigenvalue weighted by Gasteiger charge is -2.17. The minimum Gasteiger partial charge on any atom is -0.385 e. The molecule has 0 heterocycles. The lowest BCUT2D eigenvalue weighted by atomic mass is 9.90. The van der Waals surface area contributed by atoms with Gasteiger partial charge in [0, 0.05) is 13.7 Å². The molecule has 0 saturated heterocycles. The number of ether oxygens (including phenoxy) is 1. The van der Waals surface area contributed by atoms with Gasteiger partial charge < -0.3 is 4.74 Å². The number of methoxy groups -OCH3 is 1. The third kappa shape index (κ3) is 6.88. The minimum absolute atomic E-state index is 0.519. The van der Waals surface area contributed by atoms with Crippen molar-refractivity contribution in [2.75, 3.05) is 13.7 Å². The highest BCUT2D eigenvalue weighted by Crippen LogP contribution is 2.28. The Labute approximate surface area is 153 Å². The highest BCUT2D eigenvalue weighted by Gasteiger charge is 2.11. The highest BCUT2D eigenvalue weighted by atomic mass is 16.5. The second-order valence-corrected chi connectivity index (χ2v) is 6.68. The first-order valence-electron chi connectivity index (χ1n) is 9.63. The van der Waals surface area contributed by atoms with Gasteiger partial charge in [0.25, 0.3) is 0 Å². The molecule has 2 aromatic rings. The molecule has 1 heteroatoms. The minimum atomic E-state index is 0.519. The van der Waals surface area contributed by atoms with Crippen molar-refractivity contribution in [3.8, 4) is 0 Å². The Morgan fingerprint density at radius 2 is 1.64 bits per heavy atom. The van der Waals surface area contributed by atoms with Crippen molar-refractivity contribution in [2.45, 2.75) is 51.4 Å². The van der Waals surface area contributed by atoms with Gasteiger partial charge in [-0.05, 0) is 48.3 Å². The summed E-state index contributed by atoms with van der Waals surface area (Å²) in [5, 5.41) is 0. The van der Waals surface area contributed by atoms with Gasteiger partial charge in [-0.15, -0.1) is 0 Å². The first-order valence-corrected chi connectivity index (χ1v) is 9.63. The molecule has 2 rings (SSSR count). The van der Waals surface area contributed by atoms with Crippen molar-refractivity contribution in [3.63, 3.8) is 0 Å². The number of allylic oxidation sites excluding steroid dienone is 2. The van der Waals surface area contributed by atoms with E-state index in [2.05, 4.69) is 73.7 Å². The van der Waals surface area contributed by atoms with Crippen molar-refractivity contribution < 1.29 is 4.74 Å². The zero-order valence-electron chi connectivity index (χ0n) is 15.8. The Kier molecular flexibility index (Phi) is 9.07. The van der Waals surface area contributed by atoms with Crippen LogP contribution in [-0.4, -0.2) is 13.7 Å². The molecule has 0 amide bonds. The first-order chi connectivity index (χ1) is 12.3. The van der Waals surface area contributed by atoms with Crippen LogP contribution in [0.1, 0.15) is 62.5 Å². The number of benzene rings is 2. The normalized spacial score (nSPS) is 13.0. The van der Waals surface area contributed by atoms with Crippen LogP contribution in [0.2, 0.25) is 0 Å². The van der Waals surface area contributed by atoms with Crippen molar-refractivity contribution in [3.05, 3.63) is 77.9 Å². The van der Waals surface area contributed by atoms with Crippen molar-refractivity contribution in [1.29, 1.82) is 0 Å². The van der Waals surface area contributed by atoms with E-state index in [0.717, 1.165) is 19.4 Å². The molecule has 0 saturated carbocycles. The van der Waals surface area contributed by atoms with Gasteiger partial charge >= 0.3 is 0 Å². The molecule has 0 aromatic heterocycles. The van der Waals surface area contributed by atoms with E-state index in [0.29, 0.717) is 5.92 Å². The summed E-state index contributed by atoms with van der Waals surface area (Å²) >= 11 is 0. The van der Waals surface area contributed by atoms with Crippen LogP contribution in [0.15, 0.2) is 66.7 Å². The molecule has 1 atom stereocenters. The van der Waals surface area contributed by atoms with E-state index in [9.17, 15) is 0 Å². The summed E-state index contributed by atoms with van der Waals surface area (Å²) in [4.78, 5) is 0. The Bertz CT molecular complexity index is 601. The molecule has 134 valence electrons. The average molecular weight is 337 g/mol. The van der Waals surface area contributed by atoms with Crippen molar-refractivity contribution >= 4 is 5.57 Å². The quantitative estimate of drug-likeness (QED) is 0.407. The van der Waals surface area contributed by atoms with Crippen LogP contribution in [0.25, 0.3) is 5.57 Å². The average Bonchev–Trinajstić information content (AvgIpc) is 2.68. The van der Waals surface area contributed by atoms with Gasteiger partial charge in [-0.3, -0.25) is 0 Å². The van der Waals surface area contributed by atoms with Crippen LogP contribution in [0.3, 0.4) is 0 Å². The highest BCUT2D eigenvalue weighted by molar-refractivity contribution is 5.65. The summed E-state index contributed by atoms with van der Waals surface area (Å²) < 4.78 is 5.34. The third-order valence-electron chi connectivity index (χ3n) is 4.78. The van der Waals surface area contributed by atoms with E-state index < -0.39 is 0 Å². The van der Waals surface area contributed by atoms with Crippen LogP contribution in [0.4, 0.5) is 0 Å². The fourth-order valence-electron chi connectivity index (χ4n) is 3.27. The van der Waals surface area contributed by atoms with E-state index in [1.807, 2.05) is 0 Å². The maximum Gasteiger partial charge on any atom is 0.0468 e. The van der Waals surface area contributed by atoms with Crippen molar-refractivity contribution in [2.24, 2.45) is 0 Å². The molecule has 0 radical (unpaired) electrons.